The molecule has 0 aliphatic carbocycles. The van der Waals surface area contributed by atoms with Gasteiger partial charge in [0, 0.05) is 12.3 Å². The van der Waals surface area contributed by atoms with Gasteiger partial charge >= 0.3 is 6.18 Å². The summed E-state index contributed by atoms with van der Waals surface area (Å²) in [6.45, 7) is 0. The predicted molar refractivity (Wildman–Crippen MR) is 46.3 cm³/mol. The highest BCUT2D eigenvalue weighted by Gasteiger charge is 2.33. The molecule has 0 unspecified atom stereocenters. The molecule has 2 heterocycles. The van der Waals surface area contributed by atoms with E-state index in [1.807, 2.05) is 0 Å². The van der Waals surface area contributed by atoms with Crippen LogP contribution in [0.2, 0.25) is 0 Å². The summed E-state index contributed by atoms with van der Waals surface area (Å²) in [5.41, 5.74) is -0.896. The van der Waals surface area contributed by atoms with Gasteiger partial charge in [-0.15, -0.1) is 0 Å². The van der Waals surface area contributed by atoms with Crippen molar-refractivity contribution in [2.45, 2.75) is 6.18 Å². The predicted octanol–water partition coefficient (Wildman–Crippen LogP) is 2.43. The van der Waals surface area contributed by atoms with E-state index in [0.29, 0.717) is 0 Å². The SMILES string of the molecule is Fc1cncc(-n2ccc(C(F)(F)F)n2)c1. The summed E-state index contributed by atoms with van der Waals surface area (Å²) >= 11 is 0. The molecule has 0 spiro atoms. The van der Waals surface area contributed by atoms with E-state index in [0.717, 1.165) is 29.2 Å². The van der Waals surface area contributed by atoms with Crippen molar-refractivity contribution in [1.82, 2.24) is 14.8 Å². The molecule has 0 fully saturated rings. The number of nitrogens with zero attached hydrogens (tertiary/aromatic N) is 3. The van der Waals surface area contributed by atoms with Gasteiger partial charge in [-0.25, -0.2) is 9.07 Å². The van der Waals surface area contributed by atoms with Crippen LogP contribution in [0.5, 0.6) is 0 Å². The average molecular weight is 231 g/mol. The van der Waals surface area contributed by atoms with Crippen molar-refractivity contribution >= 4 is 0 Å². The molecule has 0 aromatic carbocycles. The standard InChI is InChI=1S/C9H5F4N3/c10-6-3-7(5-14-4-6)16-2-1-8(15-16)9(11,12)13/h1-5H. The van der Waals surface area contributed by atoms with Crippen LogP contribution in [-0.4, -0.2) is 14.8 Å². The molecular weight excluding hydrogens is 226 g/mol. The Morgan fingerprint density at radius 3 is 2.50 bits per heavy atom. The molecule has 0 amide bonds. The van der Waals surface area contributed by atoms with Gasteiger partial charge in [0.05, 0.1) is 18.1 Å². The lowest BCUT2D eigenvalue weighted by atomic mass is 10.4. The smallest absolute Gasteiger partial charge is 0.259 e. The van der Waals surface area contributed by atoms with Crippen molar-refractivity contribution in [1.29, 1.82) is 0 Å². The normalized spacial score (nSPS) is 11.8. The Bertz CT molecular complexity index is 503. The zero-order valence-electron chi connectivity index (χ0n) is 7.74. The minimum Gasteiger partial charge on any atom is -0.259 e. The van der Waals surface area contributed by atoms with Crippen LogP contribution < -0.4 is 0 Å². The van der Waals surface area contributed by atoms with Crippen molar-refractivity contribution in [3.05, 3.63) is 42.2 Å². The molecule has 16 heavy (non-hydrogen) atoms. The number of alkyl halides is 3. The van der Waals surface area contributed by atoms with Crippen LogP contribution >= 0.6 is 0 Å². The molecule has 0 N–H and O–H groups in total. The number of hydrogen-bond donors (Lipinski definition) is 0. The second-order valence-electron chi connectivity index (χ2n) is 3.00. The number of aromatic nitrogens is 3. The largest absolute Gasteiger partial charge is 0.435 e. The topological polar surface area (TPSA) is 30.7 Å². The van der Waals surface area contributed by atoms with E-state index in [4.69, 9.17) is 0 Å². The molecule has 2 aromatic heterocycles. The molecule has 0 aliphatic rings. The Morgan fingerprint density at radius 2 is 1.94 bits per heavy atom. The second kappa shape index (κ2) is 3.58. The lowest BCUT2D eigenvalue weighted by molar-refractivity contribution is -0.141. The Kier molecular flexibility index (Phi) is 2.37. The lowest BCUT2D eigenvalue weighted by Crippen LogP contribution is -2.07. The Balaban J connectivity index is 2.39. The zero-order chi connectivity index (χ0) is 11.8. The van der Waals surface area contributed by atoms with E-state index in [9.17, 15) is 17.6 Å². The maximum atomic E-state index is 12.8. The first-order chi connectivity index (χ1) is 7.47. The lowest BCUT2D eigenvalue weighted by Gasteiger charge is -2.02. The Morgan fingerprint density at radius 1 is 1.19 bits per heavy atom. The fourth-order valence-electron chi connectivity index (χ4n) is 1.14. The maximum absolute atomic E-state index is 12.8. The number of halogens is 4. The molecule has 3 nitrogen and oxygen atoms in total. The molecule has 7 heteroatoms. The third-order valence-corrected chi connectivity index (χ3v) is 1.83. The molecule has 84 valence electrons. The van der Waals surface area contributed by atoms with E-state index in [2.05, 4.69) is 10.1 Å². The van der Waals surface area contributed by atoms with Gasteiger partial charge in [0.25, 0.3) is 0 Å². The summed E-state index contributed by atoms with van der Waals surface area (Å²) in [5.74, 6) is -0.637. The molecule has 0 saturated heterocycles. The third kappa shape index (κ3) is 2.02. The summed E-state index contributed by atoms with van der Waals surface area (Å²) in [6, 6.07) is 1.85. The van der Waals surface area contributed by atoms with Crippen molar-refractivity contribution < 1.29 is 17.6 Å². The van der Waals surface area contributed by atoms with Crippen LogP contribution in [-0.2, 0) is 6.18 Å². The highest BCUT2D eigenvalue weighted by atomic mass is 19.4. The second-order valence-corrected chi connectivity index (χ2v) is 3.00. The van der Waals surface area contributed by atoms with Crippen LogP contribution in [0.15, 0.2) is 30.7 Å². The maximum Gasteiger partial charge on any atom is 0.435 e. The fraction of sp³-hybridized carbons (Fsp3) is 0.111. The summed E-state index contributed by atoms with van der Waals surface area (Å²) in [4.78, 5) is 3.51. The van der Waals surface area contributed by atoms with Crippen LogP contribution in [0.3, 0.4) is 0 Å². The quantitative estimate of drug-likeness (QED) is 0.705. The molecular formula is C9H5F4N3. The van der Waals surface area contributed by atoms with Crippen molar-refractivity contribution in [2.24, 2.45) is 0 Å². The van der Waals surface area contributed by atoms with Gasteiger partial charge in [-0.2, -0.15) is 18.3 Å². The number of rotatable bonds is 1. The summed E-state index contributed by atoms with van der Waals surface area (Å²) in [6.07, 6.45) is -1.24. The van der Waals surface area contributed by atoms with E-state index >= 15 is 0 Å². The minimum atomic E-state index is -4.51. The van der Waals surface area contributed by atoms with Gasteiger partial charge in [-0.1, -0.05) is 0 Å². The molecule has 2 aromatic rings. The molecule has 0 bridgehead atoms. The van der Waals surface area contributed by atoms with Crippen molar-refractivity contribution in [2.75, 3.05) is 0 Å². The average Bonchev–Trinajstić information content (AvgIpc) is 2.65. The minimum absolute atomic E-state index is 0.135. The first kappa shape index (κ1) is 10.6. The first-order valence-electron chi connectivity index (χ1n) is 4.20. The molecule has 0 aliphatic heterocycles. The first-order valence-corrected chi connectivity index (χ1v) is 4.20. The monoisotopic (exact) mass is 231 g/mol. The van der Waals surface area contributed by atoms with E-state index in [1.165, 1.54) is 6.20 Å². The molecule has 0 saturated carbocycles. The van der Waals surface area contributed by atoms with Gasteiger partial charge in [-0.05, 0) is 6.07 Å². The van der Waals surface area contributed by atoms with Gasteiger partial charge in [0.15, 0.2) is 5.69 Å². The van der Waals surface area contributed by atoms with Crippen molar-refractivity contribution in [3.63, 3.8) is 0 Å². The van der Waals surface area contributed by atoms with Crippen LogP contribution in [0, 0.1) is 5.82 Å². The number of pyridine rings is 1. The van der Waals surface area contributed by atoms with Crippen LogP contribution in [0.25, 0.3) is 5.69 Å². The van der Waals surface area contributed by atoms with Crippen molar-refractivity contribution in [3.8, 4) is 5.69 Å². The summed E-state index contributed by atoms with van der Waals surface area (Å²) in [5, 5.41) is 3.28. The molecule has 0 radical (unpaired) electrons. The highest BCUT2D eigenvalue weighted by molar-refractivity contribution is 5.27. The van der Waals surface area contributed by atoms with Crippen LogP contribution in [0.1, 0.15) is 5.69 Å². The van der Waals surface area contributed by atoms with Gasteiger partial charge in [0.2, 0.25) is 0 Å². The van der Waals surface area contributed by atoms with Gasteiger partial charge in [-0.3, -0.25) is 4.98 Å². The Labute approximate surface area is 87.3 Å². The molecule has 2 rings (SSSR count). The zero-order valence-corrected chi connectivity index (χ0v) is 7.74. The molecule has 0 atom stereocenters. The Hall–Kier alpha value is -1.92. The van der Waals surface area contributed by atoms with E-state index in [1.54, 1.807) is 0 Å². The highest BCUT2D eigenvalue weighted by Crippen LogP contribution is 2.27. The van der Waals surface area contributed by atoms with Gasteiger partial charge in [0.1, 0.15) is 5.82 Å². The van der Waals surface area contributed by atoms with E-state index < -0.39 is 17.7 Å². The number of hydrogen-bond acceptors (Lipinski definition) is 2. The summed E-state index contributed by atoms with van der Waals surface area (Å²) < 4.78 is 50.4. The van der Waals surface area contributed by atoms with E-state index in [-0.39, 0.29) is 5.69 Å². The fourth-order valence-corrected chi connectivity index (χ4v) is 1.14. The summed E-state index contributed by atoms with van der Waals surface area (Å²) in [7, 11) is 0. The third-order valence-electron chi connectivity index (χ3n) is 1.83. The van der Waals surface area contributed by atoms with Gasteiger partial charge < -0.3 is 0 Å². The van der Waals surface area contributed by atoms with Crippen LogP contribution in [0.4, 0.5) is 17.6 Å².